The van der Waals surface area contributed by atoms with E-state index in [0.717, 1.165) is 25.1 Å². The summed E-state index contributed by atoms with van der Waals surface area (Å²) in [5.74, 6) is 0. The monoisotopic (exact) mass is 364 g/mol. The van der Waals surface area contributed by atoms with E-state index in [9.17, 15) is 8.42 Å². The average molecular weight is 365 g/mol. The molecule has 0 bridgehead atoms. The molecule has 4 nitrogen and oxygen atoms in total. The first-order valence-corrected chi connectivity index (χ1v) is 8.59. The number of aromatic nitrogens is 2. The second-order valence-electron chi connectivity index (χ2n) is 4.93. The Morgan fingerprint density at radius 3 is 2.38 bits per heavy atom. The fraction of sp³-hybridized carbons (Fsp3) is 0.133. The molecule has 0 aliphatic heterocycles. The van der Waals surface area contributed by atoms with Gasteiger partial charge in [-0.2, -0.15) is 17.6 Å². The summed E-state index contributed by atoms with van der Waals surface area (Å²) < 4.78 is 27.3. The molecule has 0 atom stereocenters. The number of fused-ring (bicyclic) bond motifs is 1. The molecule has 3 aromatic rings. The molecule has 0 fully saturated rings. The molecule has 1 aromatic heterocycles. The average Bonchev–Trinajstić information content (AvgIpc) is 2.89. The van der Waals surface area contributed by atoms with Crippen LogP contribution in [0.15, 0.2) is 52.0 Å². The maximum atomic E-state index is 12.7. The van der Waals surface area contributed by atoms with Crippen LogP contribution in [-0.4, -0.2) is 17.6 Å². The van der Waals surface area contributed by atoms with Crippen molar-refractivity contribution in [1.29, 1.82) is 0 Å². The molecular formula is C15H13BrN2O2S. The van der Waals surface area contributed by atoms with Gasteiger partial charge in [0.05, 0.1) is 16.6 Å². The highest BCUT2D eigenvalue weighted by Crippen LogP contribution is 2.29. The number of rotatable bonds is 2. The maximum Gasteiger partial charge on any atom is 0.283 e. The van der Waals surface area contributed by atoms with Crippen molar-refractivity contribution in [2.75, 3.05) is 0 Å². The third-order valence-electron chi connectivity index (χ3n) is 3.39. The fourth-order valence-corrected chi connectivity index (χ4v) is 3.86. The number of hydrogen-bond acceptors (Lipinski definition) is 3. The molecule has 0 aliphatic carbocycles. The summed E-state index contributed by atoms with van der Waals surface area (Å²) in [5.41, 5.74) is 2.61. The van der Waals surface area contributed by atoms with Gasteiger partial charge in [-0.15, -0.1) is 0 Å². The van der Waals surface area contributed by atoms with Gasteiger partial charge < -0.3 is 0 Å². The van der Waals surface area contributed by atoms with E-state index in [1.165, 1.54) is 0 Å². The lowest BCUT2D eigenvalue weighted by Gasteiger charge is -2.07. The summed E-state index contributed by atoms with van der Waals surface area (Å²) in [4.78, 5) is 0.231. The summed E-state index contributed by atoms with van der Waals surface area (Å²) >= 11 is 3.48. The predicted octanol–water partition coefficient (Wildman–Crippen LogP) is 3.65. The quantitative estimate of drug-likeness (QED) is 0.697. The normalized spacial score (nSPS) is 12.0. The van der Waals surface area contributed by atoms with Gasteiger partial charge in [-0.25, -0.2) is 0 Å². The maximum absolute atomic E-state index is 12.7. The van der Waals surface area contributed by atoms with E-state index in [1.54, 1.807) is 36.5 Å². The van der Waals surface area contributed by atoms with Crippen molar-refractivity contribution >= 4 is 36.9 Å². The van der Waals surface area contributed by atoms with E-state index in [1.807, 2.05) is 19.9 Å². The van der Waals surface area contributed by atoms with Crippen LogP contribution < -0.4 is 0 Å². The van der Waals surface area contributed by atoms with Gasteiger partial charge in [-0.3, -0.25) is 0 Å². The zero-order valence-electron chi connectivity index (χ0n) is 11.5. The third-order valence-corrected chi connectivity index (χ3v) is 6.06. The van der Waals surface area contributed by atoms with Crippen molar-refractivity contribution < 1.29 is 8.42 Å². The zero-order chi connectivity index (χ0) is 15.2. The van der Waals surface area contributed by atoms with Gasteiger partial charge in [0.15, 0.2) is 0 Å². The van der Waals surface area contributed by atoms with Crippen LogP contribution in [0.25, 0.3) is 10.9 Å². The van der Waals surface area contributed by atoms with Gasteiger partial charge in [0.25, 0.3) is 10.0 Å². The van der Waals surface area contributed by atoms with Gasteiger partial charge in [0.1, 0.15) is 0 Å². The van der Waals surface area contributed by atoms with E-state index in [0.29, 0.717) is 5.52 Å². The minimum Gasteiger partial charge on any atom is -0.199 e. The minimum absolute atomic E-state index is 0.231. The lowest BCUT2D eigenvalue weighted by molar-refractivity contribution is 0.582. The number of halogens is 1. The SMILES string of the molecule is Cc1ccc(S(=O)(=O)n2ncc3c(Br)c(C)ccc32)cc1. The van der Waals surface area contributed by atoms with Crippen LogP contribution in [0.3, 0.4) is 0 Å². The molecule has 0 amide bonds. The largest absolute Gasteiger partial charge is 0.283 e. The minimum atomic E-state index is -3.68. The van der Waals surface area contributed by atoms with Crippen LogP contribution in [0.1, 0.15) is 11.1 Å². The van der Waals surface area contributed by atoms with E-state index in [4.69, 9.17) is 0 Å². The Kier molecular flexibility index (Phi) is 3.37. The first kappa shape index (κ1) is 14.3. The number of aryl methyl sites for hydroxylation is 2. The molecular weight excluding hydrogens is 352 g/mol. The second kappa shape index (κ2) is 4.96. The molecule has 0 spiro atoms. The highest BCUT2D eigenvalue weighted by Gasteiger charge is 2.21. The third kappa shape index (κ3) is 2.28. The van der Waals surface area contributed by atoms with Crippen molar-refractivity contribution in [3.63, 3.8) is 0 Å². The first-order chi connectivity index (χ1) is 9.91. The molecule has 0 saturated heterocycles. The van der Waals surface area contributed by atoms with Crippen molar-refractivity contribution in [3.05, 3.63) is 58.2 Å². The topological polar surface area (TPSA) is 52.0 Å². The fourth-order valence-electron chi connectivity index (χ4n) is 2.16. The number of nitrogens with zero attached hydrogens (tertiary/aromatic N) is 2. The lowest BCUT2D eigenvalue weighted by atomic mass is 10.2. The Morgan fingerprint density at radius 2 is 1.71 bits per heavy atom. The van der Waals surface area contributed by atoms with Crippen molar-refractivity contribution in [2.24, 2.45) is 0 Å². The van der Waals surface area contributed by atoms with Gasteiger partial charge in [0, 0.05) is 9.86 Å². The Balaban J connectivity index is 2.25. The molecule has 1 heterocycles. The van der Waals surface area contributed by atoms with Crippen molar-refractivity contribution in [2.45, 2.75) is 18.7 Å². The van der Waals surface area contributed by atoms with Crippen LogP contribution in [0.5, 0.6) is 0 Å². The molecule has 0 N–H and O–H groups in total. The van der Waals surface area contributed by atoms with Gasteiger partial charge >= 0.3 is 0 Å². The summed E-state index contributed by atoms with van der Waals surface area (Å²) in [6, 6.07) is 10.4. The first-order valence-electron chi connectivity index (χ1n) is 6.36. The summed E-state index contributed by atoms with van der Waals surface area (Å²) in [7, 11) is -3.68. The molecule has 3 rings (SSSR count). The van der Waals surface area contributed by atoms with Crippen LogP contribution in [0.4, 0.5) is 0 Å². The number of benzene rings is 2. The van der Waals surface area contributed by atoms with E-state index in [2.05, 4.69) is 21.0 Å². The zero-order valence-corrected chi connectivity index (χ0v) is 13.9. The molecule has 6 heteroatoms. The van der Waals surface area contributed by atoms with Gasteiger partial charge in [-0.05, 0) is 53.5 Å². The molecule has 21 heavy (non-hydrogen) atoms. The van der Waals surface area contributed by atoms with Gasteiger partial charge in [0.2, 0.25) is 0 Å². The Morgan fingerprint density at radius 1 is 1.05 bits per heavy atom. The molecule has 0 saturated carbocycles. The summed E-state index contributed by atoms with van der Waals surface area (Å²) in [5, 5.41) is 4.85. The summed E-state index contributed by atoms with van der Waals surface area (Å²) in [6.07, 6.45) is 1.57. The molecule has 108 valence electrons. The second-order valence-corrected chi connectivity index (χ2v) is 7.50. The predicted molar refractivity (Wildman–Crippen MR) is 85.9 cm³/mol. The van der Waals surface area contributed by atoms with E-state index >= 15 is 0 Å². The molecule has 0 unspecified atom stereocenters. The van der Waals surface area contributed by atoms with Crippen molar-refractivity contribution in [3.8, 4) is 0 Å². The Hall–Kier alpha value is -1.66. The Bertz CT molecular complexity index is 928. The van der Waals surface area contributed by atoms with Gasteiger partial charge in [-0.1, -0.05) is 23.8 Å². The molecule has 2 aromatic carbocycles. The molecule has 0 aliphatic rings. The van der Waals surface area contributed by atoms with E-state index < -0.39 is 10.0 Å². The molecule has 0 radical (unpaired) electrons. The van der Waals surface area contributed by atoms with E-state index in [-0.39, 0.29) is 4.90 Å². The highest BCUT2D eigenvalue weighted by atomic mass is 79.9. The van der Waals surface area contributed by atoms with Crippen molar-refractivity contribution in [1.82, 2.24) is 9.19 Å². The Labute approximate surface area is 131 Å². The highest BCUT2D eigenvalue weighted by molar-refractivity contribution is 9.10. The van der Waals surface area contributed by atoms with Crippen LogP contribution in [-0.2, 0) is 10.0 Å². The van der Waals surface area contributed by atoms with Crippen LogP contribution in [0.2, 0.25) is 0 Å². The van der Waals surface area contributed by atoms with Crippen LogP contribution in [0, 0.1) is 13.8 Å². The standard InChI is InChI=1S/C15H13BrN2O2S/c1-10-3-6-12(7-4-10)21(19,20)18-14-8-5-11(2)15(16)13(14)9-17-18/h3-9H,1-2H3. The smallest absolute Gasteiger partial charge is 0.199 e. The summed E-state index contributed by atoms with van der Waals surface area (Å²) in [6.45, 7) is 3.87. The van der Waals surface area contributed by atoms with Crippen LogP contribution >= 0.6 is 15.9 Å². The number of hydrogen-bond donors (Lipinski definition) is 0. The lowest BCUT2D eigenvalue weighted by Crippen LogP contribution is -2.14.